The van der Waals surface area contributed by atoms with Gasteiger partial charge in [0.1, 0.15) is 0 Å². The molecule has 0 radical (unpaired) electrons. The number of aryl methyl sites for hydroxylation is 3. The standard InChI is InChI=1S/C20H23NO2S/c1-13-9-15(3)20(16(4)10-13)24(22,23)21-19-12-14(2)11-17-7-5-6-8-18(17)19/h5-11,19,21H,12H2,1-4H3. The quantitative estimate of drug-likeness (QED) is 0.897. The van der Waals surface area contributed by atoms with E-state index < -0.39 is 10.0 Å². The van der Waals surface area contributed by atoms with Crippen LogP contribution < -0.4 is 4.72 Å². The first-order chi connectivity index (χ1) is 11.3. The molecule has 0 bridgehead atoms. The molecule has 126 valence electrons. The lowest BCUT2D eigenvalue weighted by Crippen LogP contribution is -2.31. The molecule has 1 N–H and O–H groups in total. The summed E-state index contributed by atoms with van der Waals surface area (Å²) in [6.07, 6.45) is 2.82. The molecule has 0 aliphatic heterocycles. The lowest BCUT2D eigenvalue weighted by molar-refractivity contribution is 0.551. The summed E-state index contributed by atoms with van der Waals surface area (Å²) >= 11 is 0. The number of nitrogens with one attached hydrogen (secondary N) is 1. The van der Waals surface area contributed by atoms with Gasteiger partial charge in [0.05, 0.1) is 10.9 Å². The zero-order valence-electron chi connectivity index (χ0n) is 14.6. The molecule has 0 aromatic heterocycles. The second kappa shape index (κ2) is 6.19. The third-order valence-corrected chi connectivity index (χ3v) is 6.25. The lowest BCUT2D eigenvalue weighted by Gasteiger charge is -2.26. The van der Waals surface area contributed by atoms with Crippen LogP contribution in [0.3, 0.4) is 0 Å². The third-order valence-electron chi connectivity index (χ3n) is 4.47. The highest BCUT2D eigenvalue weighted by atomic mass is 32.2. The zero-order valence-corrected chi connectivity index (χ0v) is 15.4. The molecule has 0 saturated heterocycles. The first-order valence-electron chi connectivity index (χ1n) is 8.14. The molecule has 4 heteroatoms. The van der Waals surface area contributed by atoms with Gasteiger partial charge in [-0.1, -0.05) is 53.6 Å². The van der Waals surface area contributed by atoms with Gasteiger partial charge in [-0.15, -0.1) is 0 Å². The van der Waals surface area contributed by atoms with Crippen molar-refractivity contribution in [2.45, 2.75) is 45.1 Å². The van der Waals surface area contributed by atoms with E-state index in [1.54, 1.807) is 0 Å². The maximum Gasteiger partial charge on any atom is 0.241 e. The Morgan fingerprint density at radius 3 is 2.29 bits per heavy atom. The SMILES string of the molecule is CC1=Cc2ccccc2C(NS(=O)(=O)c2c(C)cc(C)cc2C)C1. The lowest BCUT2D eigenvalue weighted by atomic mass is 9.89. The van der Waals surface area contributed by atoms with Crippen molar-refractivity contribution in [1.29, 1.82) is 0 Å². The minimum Gasteiger partial charge on any atom is -0.207 e. The summed E-state index contributed by atoms with van der Waals surface area (Å²) < 4.78 is 29.0. The Bertz CT molecular complexity index is 903. The number of sulfonamides is 1. The predicted octanol–water partition coefficient (Wildman–Crippen LogP) is 4.44. The summed E-state index contributed by atoms with van der Waals surface area (Å²) in [6, 6.07) is 11.6. The summed E-state index contributed by atoms with van der Waals surface area (Å²) in [6.45, 7) is 7.73. The van der Waals surface area contributed by atoms with Crippen molar-refractivity contribution in [1.82, 2.24) is 4.72 Å². The van der Waals surface area contributed by atoms with Gasteiger partial charge in [0.25, 0.3) is 0 Å². The largest absolute Gasteiger partial charge is 0.241 e. The van der Waals surface area contributed by atoms with Crippen LogP contribution in [0.25, 0.3) is 6.08 Å². The smallest absolute Gasteiger partial charge is 0.207 e. The summed E-state index contributed by atoms with van der Waals surface area (Å²) in [5, 5.41) is 0. The van der Waals surface area contributed by atoms with Crippen molar-refractivity contribution in [3.8, 4) is 0 Å². The summed E-state index contributed by atoms with van der Waals surface area (Å²) in [5.74, 6) is 0. The molecular formula is C20H23NO2S. The molecule has 0 fully saturated rings. The van der Waals surface area contributed by atoms with Gasteiger partial charge in [0, 0.05) is 0 Å². The molecule has 3 nitrogen and oxygen atoms in total. The molecule has 2 aromatic rings. The number of fused-ring (bicyclic) bond motifs is 1. The molecule has 0 heterocycles. The average molecular weight is 341 g/mol. The van der Waals surface area contributed by atoms with E-state index in [2.05, 4.69) is 10.8 Å². The Kier molecular flexibility index (Phi) is 4.37. The number of hydrogen-bond acceptors (Lipinski definition) is 2. The van der Waals surface area contributed by atoms with E-state index in [9.17, 15) is 8.42 Å². The van der Waals surface area contributed by atoms with Crippen LogP contribution in [0, 0.1) is 20.8 Å². The Balaban J connectivity index is 2.01. The highest BCUT2D eigenvalue weighted by molar-refractivity contribution is 7.89. The maximum absolute atomic E-state index is 13.0. The van der Waals surface area contributed by atoms with E-state index in [-0.39, 0.29) is 6.04 Å². The number of benzene rings is 2. The van der Waals surface area contributed by atoms with Crippen LogP contribution in [-0.4, -0.2) is 8.42 Å². The molecule has 1 aliphatic carbocycles. The van der Waals surface area contributed by atoms with Gasteiger partial charge >= 0.3 is 0 Å². The van der Waals surface area contributed by atoms with Crippen LogP contribution in [0.5, 0.6) is 0 Å². The van der Waals surface area contributed by atoms with Gasteiger partial charge < -0.3 is 0 Å². The van der Waals surface area contributed by atoms with Crippen molar-refractivity contribution in [2.75, 3.05) is 0 Å². The Morgan fingerprint density at radius 2 is 1.62 bits per heavy atom. The topological polar surface area (TPSA) is 46.2 Å². The monoisotopic (exact) mass is 341 g/mol. The molecule has 0 saturated carbocycles. The van der Waals surface area contributed by atoms with E-state index >= 15 is 0 Å². The van der Waals surface area contributed by atoms with Crippen LogP contribution in [0.4, 0.5) is 0 Å². The first kappa shape index (κ1) is 16.9. The van der Waals surface area contributed by atoms with Crippen LogP contribution >= 0.6 is 0 Å². The molecule has 1 unspecified atom stereocenters. The normalized spacial score (nSPS) is 17.3. The zero-order chi connectivity index (χ0) is 17.5. The second-order valence-electron chi connectivity index (χ2n) is 6.73. The number of rotatable bonds is 3. The van der Waals surface area contributed by atoms with Crippen LogP contribution in [0.1, 0.15) is 47.2 Å². The van der Waals surface area contributed by atoms with E-state index in [0.29, 0.717) is 11.3 Å². The minimum absolute atomic E-state index is 0.226. The molecule has 2 aromatic carbocycles. The highest BCUT2D eigenvalue weighted by Gasteiger charge is 2.27. The Labute approximate surface area is 144 Å². The van der Waals surface area contributed by atoms with Crippen molar-refractivity contribution in [3.63, 3.8) is 0 Å². The average Bonchev–Trinajstić information content (AvgIpc) is 2.45. The molecule has 0 amide bonds. The van der Waals surface area contributed by atoms with E-state index in [4.69, 9.17) is 0 Å². The van der Waals surface area contributed by atoms with E-state index in [1.807, 2.05) is 64.1 Å². The number of hydrogen-bond donors (Lipinski definition) is 1. The van der Waals surface area contributed by atoms with Gasteiger partial charge in [-0.25, -0.2) is 13.1 Å². The molecular weight excluding hydrogens is 318 g/mol. The second-order valence-corrected chi connectivity index (χ2v) is 8.38. The first-order valence-corrected chi connectivity index (χ1v) is 9.62. The molecule has 3 rings (SSSR count). The van der Waals surface area contributed by atoms with Crippen LogP contribution in [0.2, 0.25) is 0 Å². The van der Waals surface area contributed by atoms with Crippen molar-refractivity contribution >= 4 is 16.1 Å². The van der Waals surface area contributed by atoms with Gasteiger partial charge in [0.15, 0.2) is 0 Å². The maximum atomic E-state index is 13.0. The van der Waals surface area contributed by atoms with Gasteiger partial charge in [-0.3, -0.25) is 0 Å². The summed E-state index contributed by atoms with van der Waals surface area (Å²) in [4.78, 5) is 0.401. The minimum atomic E-state index is -3.58. The Morgan fingerprint density at radius 1 is 1.00 bits per heavy atom. The third kappa shape index (κ3) is 3.17. The van der Waals surface area contributed by atoms with Gasteiger partial charge in [0.2, 0.25) is 10.0 Å². The fourth-order valence-electron chi connectivity index (χ4n) is 3.66. The van der Waals surface area contributed by atoms with Gasteiger partial charge in [-0.2, -0.15) is 0 Å². The summed E-state index contributed by atoms with van der Waals surface area (Å²) in [7, 11) is -3.58. The molecule has 24 heavy (non-hydrogen) atoms. The van der Waals surface area contributed by atoms with E-state index in [1.165, 1.54) is 5.57 Å². The molecule has 0 spiro atoms. The molecule has 1 aliphatic rings. The van der Waals surface area contributed by atoms with Crippen molar-refractivity contribution in [2.24, 2.45) is 0 Å². The fraction of sp³-hybridized carbons (Fsp3) is 0.300. The van der Waals surface area contributed by atoms with Crippen LogP contribution in [-0.2, 0) is 10.0 Å². The van der Waals surface area contributed by atoms with E-state index in [0.717, 1.165) is 27.8 Å². The predicted molar refractivity (Wildman–Crippen MR) is 98.4 cm³/mol. The van der Waals surface area contributed by atoms with Crippen LogP contribution in [0.15, 0.2) is 46.9 Å². The summed E-state index contributed by atoms with van der Waals surface area (Å²) in [5.41, 5.74) is 5.96. The molecule has 1 atom stereocenters. The van der Waals surface area contributed by atoms with Crippen molar-refractivity contribution in [3.05, 3.63) is 69.8 Å². The Hall–Kier alpha value is -1.91. The highest BCUT2D eigenvalue weighted by Crippen LogP contribution is 2.33. The fourth-order valence-corrected chi connectivity index (χ4v) is 5.33. The van der Waals surface area contributed by atoms with Crippen molar-refractivity contribution < 1.29 is 8.42 Å². The van der Waals surface area contributed by atoms with Gasteiger partial charge in [-0.05, 0) is 56.4 Å².